The standard InChI is InChI=1S/C18H38N4O2/c1-4-19-17(20-11-7-8-12-22(5-2)6-3)21-15-18(9-13-23)10-14-24-16-18/h23H,4-16H2,1-3H3,(H2,19,20,21). The van der Waals surface area contributed by atoms with Crippen LogP contribution in [0, 0.1) is 5.41 Å². The fraction of sp³-hybridized carbons (Fsp3) is 0.944. The van der Waals surface area contributed by atoms with Crippen molar-refractivity contribution in [1.82, 2.24) is 15.5 Å². The SMILES string of the molecule is CCNC(=NCC1(CCO)CCOC1)NCCCCN(CC)CC. The largest absolute Gasteiger partial charge is 0.396 e. The van der Waals surface area contributed by atoms with Gasteiger partial charge >= 0.3 is 0 Å². The van der Waals surface area contributed by atoms with Crippen molar-refractivity contribution < 1.29 is 9.84 Å². The first-order valence-corrected chi connectivity index (χ1v) is 9.62. The quantitative estimate of drug-likeness (QED) is 0.285. The average molecular weight is 343 g/mol. The Morgan fingerprint density at radius 3 is 2.58 bits per heavy atom. The highest BCUT2D eigenvalue weighted by atomic mass is 16.5. The summed E-state index contributed by atoms with van der Waals surface area (Å²) < 4.78 is 5.54. The zero-order chi connectivity index (χ0) is 17.7. The summed E-state index contributed by atoms with van der Waals surface area (Å²) in [7, 11) is 0. The fourth-order valence-electron chi connectivity index (χ4n) is 3.08. The normalized spacial score (nSPS) is 21.5. The summed E-state index contributed by atoms with van der Waals surface area (Å²) in [6.45, 7) is 14.1. The van der Waals surface area contributed by atoms with E-state index >= 15 is 0 Å². The molecule has 24 heavy (non-hydrogen) atoms. The van der Waals surface area contributed by atoms with Crippen LogP contribution in [0.2, 0.25) is 0 Å². The Bertz CT molecular complexity index is 340. The number of aliphatic hydroxyl groups excluding tert-OH is 1. The van der Waals surface area contributed by atoms with Crippen molar-refractivity contribution in [3.8, 4) is 0 Å². The van der Waals surface area contributed by atoms with Gasteiger partial charge in [-0.3, -0.25) is 4.99 Å². The summed E-state index contributed by atoms with van der Waals surface area (Å²) in [5, 5.41) is 16.1. The van der Waals surface area contributed by atoms with Crippen LogP contribution in [0.25, 0.3) is 0 Å². The van der Waals surface area contributed by atoms with E-state index in [-0.39, 0.29) is 12.0 Å². The second-order valence-corrected chi connectivity index (χ2v) is 6.63. The summed E-state index contributed by atoms with van der Waals surface area (Å²) >= 11 is 0. The molecule has 0 radical (unpaired) electrons. The van der Waals surface area contributed by atoms with Gasteiger partial charge in [0, 0.05) is 31.7 Å². The number of unbranched alkanes of at least 4 members (excludes halogenated alkanes) is 1. The highest BCUT2D eigenvalue weighted by Gasteiger charge is 2.34. The van der Waals surface area contributed by atoms with Crippen LogP contribution in [0.15, 0.2) is 4.99 Å². The van der Waals surface area contributed by atoms with Crippen LogP contribution in [0.5, 0.6) is 0 Å². The number of rotatable bonds is 12. The van der Waals surface area contributed by atoms with Gasteiger partial charge in [-0.2, -0.15) is 0 Å². The predicted octanol–water partition coefficient (Wildman–Crippen LogP) is 1.45. The van der Waals surface area contributed by atoms with Crippen molar-refractivity contribution >= 4 is 5.96 Å². The summed E-state index contributed by atoms with van der Waals surface area (Å²) in [5.41, 5.74) is 0.0137. The molecule has 6 heteroatoms. The molecule has 1 heterocycles. The lowest BCUT2D eigenvalue weighted by Gasteiger charge is -2.25. The molecule has 142 valence electrons. The van der Waals surface area contributed by atoms with Gasteiger partial charge in [0.15, 0.2) is 5.96 Å². The molecule has 0 aliphatic carbocycles. The minimum atomic E-state index is 0.0137. The third-order valence-corrected chi connectivity index (χ3v) is 4.83. The van der Waals surface area contributed by atoms with Gasteiger partial charge in [-0.15, -0.1) is 0 Å². The molecule has 0 aromatic heterocycles. The van der Waals surface area contributed by atoms with Crippen molar-refractivity contribution in [3.63, 3.8) is 0 Å². The lowest BCUT2D eigenvalue weighted by atomic mass is 9.84. The molecule has 1 atom stereocenters. The first-order valence-electron chi connectivity index (χ1n) is 9.62. The van der Waals surface area contributed by atoms with Gasteiger partial charge in [0.2, 0.25) is 0 Å². The number of nitrogens with one attached hydrogen (secondary N) is 2. The van der Waals surface area contributed by atoms with E-state index in [1.165, 1.54) is 13.0 Å². The summed E-state index contributed by atoms with van der Waals surface area (Å²) in [4.78, 5) is 7.20. The molecule has 0 spiro atoms. The van der Waals surface area contributed by atoms with Crippen LogP contribution in [0.1, 0.15) is 46.5 Å². The lowest BCUT2D eigenvalue weighted by molar-refractivity contribution is 0.131. The number of ether oxygens (including phenoxy) is 1. The van der Waals surface area contributed by atoms with Crippen molar-refractivity contribution in [1.29, 1.82) is 0 Å². The monoisotopic (exact) mass is 342 g/mol. The van der Waals surface area contributed by atoms with E-state index in [0.29, 0.717) is 13.2 Å². The first kappa shape index (κ1) is 21.2. The van der Waals surface area contributed by atoms with E-state index in [0.717, 1.165) is 58.0 Å². The zero-order valence-corrected chi connectivity index (χ0v) is 15.9. The molecule has 0 amide bonds. The highest BCUT2D eigenvalue weighted by Crippen LogP contribution is 2.32. The molecular weight excluding hydrogens is 304 g/mol. The number of aliphatic imine (C=N–C) groups is 1. The van der Waals surface area contributed by atoms with Crippen molar-refractivity contribution in [2.75, 3.05) is 59.1 Å². The molecular formula is C18H38N4O2. The van der Waals surface area contributed by atoms with Crippen LogP contribution >= 0.6 is 0 Å². The van der Waals surface area contributed by atoms with Crippen LogP contribution in [0.4, 0.5) is 0 Å². The summed E-state index contributed by atoms with van der Waals surface area (Å²) in [5.74, 6) is 0.879. The molecule has 0 saturated carbocycles. The molecule has 3 N–H and O–H groups in total. The molecule has 1 aliphatic rings. The number of guanidine groups is 1. The van der Waals surface area contributed by atoms with Gasteiger partial charge < -0.3 is 25.4 Å². The van der Waals surface area contributed by atoms with E-state index in [1.807, 2.05) is 0 Å². The highest BCUT2D eigenvalue weighted by molar-refractivity contribution is 5.79. The van der Waals surface area contributed by atoms with Crippen molar-refractivity contribution in [2.24, 2.45) is 10.4 Å². The minimum Gasteiger partial charge on any atom is -0.396 e. The Labute approximate surface area is 148 Å². The molecule has 0 aromatic rings. The second-order valence-electron chi connectivity index (χ2n) is 6.63. The predicted molar refractivity (Wildman–Crippen MR) is 101 cm³/mol. The maximum Gasteiger partial charge on any atom is 0.191 e. The Kier molecular flexibility index (Phi) is 11.0. The van der Waals surface area contributed by atoms with Crippen LogP contribution < -0.4 is 10.6 Å². The average Bonchev–Trinajstić information content (AvgIpc) is 3.05. The Balaban J connectivity index is 2.36. The van der Waals surface area contributed by atoms with Crippen molar-refractivity contribution in [3.05, 3.63) is 0 Å². The summed E-state index contributed by atoms with van der Waals surface area (Å²) in [6.07, 6.45) is 4.10. The summed E-state index contributed by atoms with van der Waals surface area (Å²) in [6, 6.07) is 0. The fourth-order valence-corrected chi connectivity index (χ4v) is 3.08. The van der Waals surface area contributed by atoms with Gasteiger partial charge in [-0.1, -0.05) is 13.8 Å². The molecule has 1 aliphatic heterocycles. The Morgan fingerprint density at radius 2 is 2.00 bits per heavy atom. The molecule has 1 rings (SSSR count). The van der Waals surface area contributed by atoms with Gasteiger partial charge in [-0.25, -0.2) is 0 Å². The van der Waals surface area contributed by atoms with Crippen LogP contribution in [-0.4, -0.2) is 75.1 Å². The topological polar surface area (TPSA) is 69.1 Å². The number of hydrogen-bond donors (Lipinski definition) is 3. The third kappa shape index (κ3) is 7.81. The van der Waals surface area contributed by atoms with E-state index in [2.05, 4.69) is 36.3 Å². The lowest BCUT2D eigenvalue weighted by Crippen LogP contribution is -2.39. The molecule has 1 saturated heterocycles. The Morgan fingerprint density at radius 1 is 1.21 bits per heavy atom. The van der Waals surface area contributed by atoms with E-state index < -0.39 is 0 Å². The number of nitrogens with zero attached hydrogens (tertiary/aromatic N) is 2. The maximum atomic E-state index is 9.31. The van der Waals surface area contributed by atoms with E-state index in [4.69, 9.17) is 9.73 Å². The molecule has 6 nitrogen and oxygen atoms in total. The van der Waals surface area contributed by atoms with Gasteiger partial charge in [-0.05, 0) is 52.2 Å². The molecule has 0 bridgehead atoms. The van der Waals surface area contributed by atoms with Crippen LogP contribution in [0.3, 0.4) is 0 Å². The maximum absolute atomic E-state index is 9.31. The number of hydrogen-bond acceptors (Lipinski definition) is 4. The van der Waals surface area contributed by atoms with Gasteiger partial charge in [0.1, 0.15) is 0 Å². The van der Waals surface area contributed by atoms with E-state index in [1.54, 1.807) is 0 Å². The Hall–Kier alpha value is -0.850. The van der Waals surface area contributed by atoms with Crippen molar-refractivity contribution in [2.45, 2.75) is 46.5 Å². The zero-order valence-electron chi connectivity index (χ0n) is 15.9. The molecule has 0 aromatic carbocycles. The molecule has 1 fully saturated rings. The molecule has 1 unspecified atom stereocenters. The van der Waals surface area contributed by atoms with Gasteiger partial charge in [0.05, 0.1) is 13.2 Å². The first-order chi connectivity index (χ1) is 11.7. The second kappa shape index (κ2) is 12.5. The smallest absolute Gasteiger partial charge is 0.191 e. The number of aliphatic hydroxyl groups is 1. The minimum absolute atomic E-state index is 0.0137. The van der Waals surface area contributed by atoms with Crippen LogP contribution in [-0.2, 0) is 4.74 Å². The van der Waals surface area contributed by atoms with E-state index in [9.17, 15) is 5.11 Å². The third-order valence-electron chi connectivity index (χ3n) is 4.83. The van der Waals surface area contributed by atoms with Gasteiger partial charge in [0.25, 0.3) is 0 Å².